The second kappa shape index (κ2) is 4.57. The highest BCUT2D eigenvalue weighted by Gasteiger charge is 2.32. The van der Waals surface area contributed by atoms with Crippen LogP contribution in [0.3, 0.4) is 0 Å². The molecular weight excluding hydrogens is 178 g/mol. The quantitative estimate of drug-likeness (QED) is 0.617. The molecule has 4 nitrogen and oxygen atoms in total. The SMILES string of the molecule is NCC(CO)N1CCN2CCCC2C1. The number of hydrogen-bond acceptors (Lipinski definition) is 4. The lowest BCUT2D eigenvalue weighted by atomic mass is 10.1. The van der Waals surface area contributed by atoms with Gasteiger partial charge in [-0.2, -0.15) is 0 Å². The fraction of sp³-hybridized carbons (Fsp3) is 1.00. The van der Waals surface area contributed by atoms with Gasteiger partial charge in [-0.15, -0.1) is 0 Å². The Labute approximate surface area is 85.7 Å². The lowest BCUT2D eigenvalue weighted by Gasteiger charge is -2.40. The van der Waals surface area contributed by atoms with Crippen molar-refractivity contribution >= 4 is 0 Å². The molecule has 2 aliphatic heterocycles. The molecule has 14 heavy (non-hydrogen) atoms. The van der Waals surface area contributed by atoms with E-state index in [2.05, 4.69) is 9.80 Å². The van der Waals surface area contributed by atoms with Crippen LogP contribution in [0.1, 0.15) is 12.8 Å². The van der Waals surface area contributed by atoms with Gasteiger partial charge in [0.05, 0.1) is 6.61 Å². The van der Waals surface area contributed by atoms with Gasteiger partial charge in [0.15, 0.2) is 0 Å². The van der Waals surface area contributed by atoms with Gasteiger partial charge < -0.3 is 10.8 Å². The number of aliphatic hydroxyl groups excluding tert-OH is 1. The van der Waals surface area contributed by atoms with Crippen molar-refractivity contribution in [3.05, 3.63) is 0 Å². The van der Waals surface area contributed by atoms with Gasteiger partial charge in [0.25, 0.3) is 0 Å². The zero-order chi connectivity index (χ0) is 9.97. The van der Waals surface area contributed by atoms with Crippen molar-refractivity contribution in [2.24, 2.45) is 5.73 Å². The summed E-state index contributed by atoms with van der Waals surface area (Å²) in [5.41, 5.74) is 5.64. The van der Waals surface area contributed by atoms with Gasteiger partial charge in [0, 0.05) is 38.3 Å². The minimum atomic E-state index is 0.178. The first-order chi connectivity index (χ1) is 6.85. The number of nitrogens with zero attached hydrogens (tertiary/aromatic N) is 2. The average molecular weight is 199 g/mol. The van der Waals surface area contributed by atoms with Crippen molar-refractivity contribution in [2.75, 3.05) is 39.3 Å². The first-order valence-electron chi connectivity index (χ1n) is 5.64. The standard InChI is InChI=1S/C10H21N3O/c11-6-10(8-14)13-5-4-12-3-1-2-9(12)7-13/h9-10,14H,1-8,11H2. The number of hydrogen-bond donors (Lipinski definition) is 2. The van der Waals surface area contributed by atoms with E-state index in [1.54, 1.807) is 0 Å². The summed E-state index contributed by atoms with van der Waals surface area (Å²) >= 11 is 0. The van der Waals surface area contributed by atoms with Crippen LogP contribution in [0.2, 0.25) is 0 Å². The zero-order valence-electron chi connectivity index (χ0n) is 8.73. The molecule has 2 fully saturated rings. The van der Waals surface area contributed by atoms with Gasteiger partial charge in [-0.1, -0.05) is 0 Å². The second-order valence-electron chi connectivity index (χ2n) is 4.40. The van der Waals surface area contributed by atoms with Gasteiger partial charge in [-0.25, -0.2) is 0 Å². The first-order valence-corrected chi connectivity index (χ1v) is 5.64. The topological polar surface area (TPSA) is 52.7 Å². The fourth-order valence-electron chi connectivity index (χ4n) is 2.69. The molecular formula is C10H21N3O. The molecule has 0 aromatic rings. The third-order valence-corrected chi connectivity index (χ3v) is 3.62. The third kappa shape index (κ3) is 1.93. The van der Waals surface area contributed by atoms with Crippen LogP contribution in [-0.2, 0) is 0 Å². The maximum Gasteiger partial charge on any atom is 0.0599 e. The van der Waals surface area contributed by atoms with Crippen molar-refractivity contribution in [3.63, 3.8) is 0 Å². The van der Waals surface area contributed by atoms with Gasteiger partial charge in [-0.3, -0.25) is 9.80 Å². The van der Waals surface area contributed by atoms with Crippen LogP contribution in [0.25, 0.3) is 0 Å². The predicted octanol–water partition coefficient (Wildman–Crippen LogP) is -0.914. The smallest absolute Gasteiger partial charge is 0.0599 e. The van der Waals surface area contributed by atoms with E-state index in [1.807, 2.05) is 0 Å². The molecule has 2 unspecified atom stereocenters. The summed E-state index contributed by atoms with van der Waals surface area (Å²) < 4.78 is 0. The van der Waals surface area contributed by atoms with Crippen molar-refractivity contribution in [1.29, 1.82) is 0 Å². The number of nitrogens with two attached hydrogens (primary N) is 1. The van der Waals surface area contributed by atoms with Gasteiger partial charge in [-0.05, 0) is 19.4 Å². The maximum absolute atomic E-state index is 9.18. The van der Waals surface area contributed by atoms with Crippen LogP contribution in [0.4, 0.5) is 0 Å². The Balaban J connectivity index is 1.90. The molecule has 2 saturated heterocycles. The summed E-state index contributed by atoms with van der Waals surface area (Å²) in [4.78, 5) is 4.92. The van der Waals surface area contributed by atoms with Crippen molar-refractivity contribution in [2.45, 2.75) is 24.9 Å². The van der Waals surface area contributed by atoms with E-state index in [4.69, 9.17) is 5.73 Å². The van der Waals surface area contributed by atoms with E-state index in [1.165, 1.54) is 19.4 Å². The molecule has 2 atom stereocenters. The molecule has 0 amide bonds. The summed E-state index contributed by atoms with van der Waals surface area (Å²) in [6.07, 6.45) is 2.66. The van der Waals surface area contributed by atoms with Crippen LogP contribution in [0, 0.1) is 0 Å². The summed E-state index contributed by atoms with van der Waals surface area (Å²) in [6, 6.07) is 0.905. The van der Waals surface area contributed by atoms with E-state index in [0.717, 1.165) is 25.7 Å². The normalized spacial score (nSPS) is 31.7. The highest BCUT2D eigenvalue weighted by atomic mass is 16.3. The second-order valence-corrected chi connectivity index (χ2v) is 4.40. The zero-order valence-corrected chi connectivity index (χ0v) is 8.73. The molecule has 3 N–H and O–H groups in total. The van der Waals surface area contributed by atoms with E-state index < -0.39 is 0 Å². The maximum atomic E-state index is 9.18. The Morgan fingerprint density at radius 1 is 1.36 bits per heavy atom. The van der Waals surface area contributed by atoms with E-state index in [9.17, 15) is 5.11 Å². The average Bonchev–Trinajstić information content (AvgIpc) is 2.66. The molecule has 2 heterocycles. The van der Waals surface area contributed by atoms with Gasteiger partial charge >= 0.3 is 0 Å². The molecule has 0 aromatic carbocycles. The van der Waals surface area contributed by atoms with Crippen LogP contribution < -0.4 is 5.73 Å². The predicted molar refractivity (Wildman–Crippen MR) is 56.1 cm³/mol. The van der Waals surface area contributed by atoms with Crippen molar-refractivity contribution in [1.82, 2.24) is 9.80 Å². The lowest BCUT2D eigenvalue weighted by molar-refractivity contribution is 0.0500. The van der Waals surface area contributed by atoms with E-state index in [0.29, 0.717) is 6.54 Å². The summed E-state index contributed by atoms with van der Waals surface area (Å²) in [5, 5.41) is 9.18. The number of fused-ring (bicyclic) bond motifs is 1. The number of aliphatic hydroxyl groups is 1. The lowest BCUT2D eigenvalue weighted by Crippen LogP contribution is -2.56. The Hall–Kier alpha value is -0.160. The molecule has 82 valence electrons. The Kier molecular flexibility index (Phi) is 3.38. The first kappa shape index (κ1) is 10.4. The van der Waals surface area contributed by atoms with Crippen LogP contribution >= 0.6 is 0 Å². The monoisotopic (exact) mass is 199 g/mol. The number of rotatable bonds is 3. The van der Waals surface area contributed by atoms with E-state index in [-0.39, 0.29) is 12.6 Å². The van der Waals surface area contributed by atoms with E-state index >= 15 is 0 Å². The number of piperazine rings is 1. The van der Waals surface area contributed by atoms with Gasteiger partial charge in [0.2, 0.25) is 0 Å². The minimum absolute atomic E-state index is 0.178. The van der Waals surface area contributed by atoms with Crippen LogP contribution in [0.15, 0.2) is 0 Å². The molecule has 2 rings (SSSR count). The van der Waals surface area contributed by atoms with Crippen molar-refractivity contribution < 1.29 is 5.11 Å². The fourth-order valence-corrected chi connectivity index (χ4v) is 2.69. The molecule has 4 heteroatoms. The Morgan fingerprint density at radius 2 is 2.21 bits per heavy atom. The molecule has 0 aromatic heterocycles. The molecule has 2 aliphatic rings. The third-order valence-electron chi connectivity index (χ3n) is 3.62. The minimum Gasteiger partial charge on any atom is -0.395 e. The summed E-state index contributed by atoms with van der Waals surface area (Å²) in [5.74, 6) is 0. The Bertz CT molecular complexity index is 184. The highest BCUT2D eigenvalue weighted by Crippen LogP contribution is 2.22. The van der Waals surface area contributed by atoms with Crippen LogP contribution in [0.5, 0.6) is 0 Å². The van der Waals surface area contributed by atoms with Crippen molar-refractivity contribution in [3.8, 4) is 0 Å². The molecule has 0 bridgehead atoms. The van der Waals surface area contributed by atoms with Gasteiger partial charge in [0.1, 0.15) is 0 Å². The molecule has 0 radical (unpaired) electrons. The largest absolute Gasteiger partial charge is 0.395 e. The summed E-state index contributed by atoms with van der Waals surface area (Å²) in [7, 11) is 0. The molecule has 0 saturated carbocycles. The Morgan fingerprint density at radius 3 is 2.93 bits per heavy atom. The van der Waals surface area contributed by atoms with Crippen LogP contribution in [-0.4, -0.2) is 66.3 Å². The summed E-state index contributed by atoms with van der Waals surface area (Å²) in [6.45, 7) is 5.36. The molecule has 0 aliphatic carbocycles. The highest BCUT2D eigenvalue weighted by molar-refractivity contribution is 4.89. The molecule has 0 spiro atoms.